The number of ether oxygens (including phenoxy) is 1. The summed E-state index contributed by atoms with van der Waals surface area (Å²) in [6.45, 7) is 4.52. The van der Waals surface area contributed by atoms with E-state index in [0.717, 1.165) is 44.6 Å². The molecule has 138 valence electrons. The molecule has 1 aromatic carbocycles. The summed E-state index contributed by atoms with van der Waals surface area (Å²) in [6, 6.07) is 7.87. The van der Waals surface area contributed by atoms with Gasteiger partial charge in [-0.1, -0.05) is 29.8 Å². The molecule has 25 heavy (non-hydrogen) atoms. The van der Waals surface area contributed by atoms with Crippen LogP contribution in [0.3, 0.4) is 0 Å². The van der Waals surface area contributed by atoms with E-state index in [1.165, 1.54) is 12.8 Å². The van der Waals surface area contributed by atoms with Crippen LogP contribution in [0.5, 0.6) is 0 Å². The van der Waals surface area contributed by atoms with Crippen molar-refractivity contribution in [3.63, 3.8) is 0 Å². The Morgan fingerprint density at radius 1 is 1.32 bits per heavy atom. The molecule has 1 N–H and O–H groups in total. The monoisotopic (exact) mass is 365 g/mol. The minimum Gasteiger partial charge on any atom is -0.377 e. The molecule has 2 saturated heterocycles. The van der Waals surface area contributed by atoms with Crippen LogP contribution in [0.4, 0.5) is 4.79 Å². The quantitative estimate of drug-likeness (QED) is 0.871. The average molecular weight is 366 g/mol. The van der Waals surface area contributed by atoms with Gasteiger partial charge in [-0.15, -0.1) is 0 Å². The standard InChI is InChI=1S/C19H28ClN3O2/c1-22(13-15-5-2-3-7-18(15)20)19(24)21-16-8-10-23(11-9-16)14-17-6-4-12-25-17/h2-3,5,7,16-17H,4,6,8-14H2,1H3,(H,21,24)/t17-/m1/s1. The Kier molecular flexibility index (Phi) is 6.57. The van der Waals surface area contributed by atoms with Crippen molar-refractivity contribution in [2.75, 3.05) is 33.3 Å². The van der Waals surface area contributed by atoms with Crippen LogP contribution in [0.1, 0.15) is 31.2 Å². The second-order valence-electron chi connectivity index (χ2n) is 7.11. The Morgan fingerprint density at radius 2 is 2.08 bits per heavy atom. The molecule has 2 fully saturated rings. The number of nitrogens with one attached hydrogen (secondary N) is 1. The van der Waals surface area contributed by atoms with Gasteiger partial charge in [-0.2, -0.15) is 0 Å². The summed E-state index contributed by atoms with van der Waals surface area (Å²) < 4.78 is 5.72. The Balaban J connectivity index is 1.40. The van der Waals surface area contributed by atoms with Crippen LogP contribution in [-0.4, -0.2) is 61.3 Å². The summed E-state index contributed by atoms with van der Waals surface area (Å²) in [5.74, 6) is 0. The maximum absolute atomic E-state index is 12.4. The maximum atomic E-state index is 12.4. The number of hydrogen-bond donors (Lipinski definition) is 1. The lowest BCUT2D eigenvalue weighted by Crippen LogP contribution is -2.49. The second-order valence-corrected chi connectivity index (χ2v) is 7.51. The number of carbonyl (C=O) groups excluding carboxylic acids is 1. The highest BCUT2D eigenvalue weighted by Gasteiger charge is 2.25. The number of urea groups is 1. The van der Waals surface area contributed by atoms with Crippen molar-refractivity contribution < 1.29 is 9.53 Å². The maximum Gasteiger partial charge on any atom is 0.317 e. The zero-order valence-electron chi connectivity index (χ0n) is 14.9. The Labute approximate surface area is 155 Å². The van der Waals surface area contributed by atoms with Gasteiger partial charge >= 0.3 is 6.03 Å². The molecular weight excluding hydrogens is 338 g/mol. The zero-order chi connectivity index (χ0) is 17.6. The van der Waals surface area contributed by atoms with Crippen LogP contribution in [0.25, 0.3) is 0 Å². The molecule has 1 atom stereocenters. The van der Waals surface area contributed by atoms with E-state index < -0.39 is 0 Å². The van der Waals surface area contributed by atoms with Crippen LogP contribution in [0.2, 0.25) is 5.02 Å². The first-order valence-electron chi connectivity index (χ1n) is 9.21. The van der Waals surface area contributed by atoms with Crippen LogP contribution >= 0.6 is 11.6 Å². The first kappa shape index (κ1) is 18.5. The molecule has 3 rings (SSSR count). The molecule has 0 radical (unpaired) electrons. The molecule has 5 nitrogen and oxygen atoms in total. The van der Waals surface area contributed by atoms with Crippen molar-refractivity contribution in [3.05, 3.63) is 34.9 Å². The van der Waals surface area contributed by atoms with Crippen LogP contribution in [0, 0.1) is 0 Å². The number of carbonyl (C=O) groups is 1. The summed E-state index contributed by atoms with van der Waals surface area (Å²) in [7, 11) is 1.81. The summed E-state index contributed by atoms with van der Waals surface area (Å²) in [5.41, 5.74) is 0.966. The predicted molar refractivity (Wildman–Crippen MR) is 99.9 cm³/mol. The number of nitrogens with zero attached hydrogens (tertiary/aromatic N) is 2. The third-order valence-corrected chi connectivity index (χ3v) is 5.48. The Bertz CT molecular complexity index is 570. The summed E-state index contributed by atoms with van der Waals surface area (Å²) >= 11 is 6.18. The molecule has 0 unspecified atom stereocenters. The van der Waals surface area contributed by atoms with Crippen molar-refractivity contribution >= 4 is 17.6 Å². The molecule has 0 aliphatic carbocycles. The van der Waals surface area contributed by atoms with Gasteiger partial charge in [-0.25, -0.2) is 4.79 Å². The fraction of sp³-hybridized carbons (Fsp3) is 0.632. The molecule has 0 aromatic heterocycles. The van der Waals surface area contributed by atoms with E-state index in [1.807, 2.05) is 31.3 Å². The second kappa shape index (κ2) is 8.88. The smallest absolute Gasteiger partial charge is 0.317 e. The van der Waals surface area contributed by atoms with Crippen LogP contribution in [-0.2, 0) is 11.3 Å². The number of halogens is 1. The highest BCUT2D eigenvalue weighted by molar-refractivity contribution is 6.31. The number of rotatable bonds is 5. The van der Waals surface area contributed by atoms with Crippen molar-refractivity contribution in [1.29, 1.82) is 0 Å². The highest BCUT2D eigenvalue weighted by atomic mass is 35.5. The van der Waals surface area contributed by atoms with Gasteiger partial charge in [0.15, 0.2) is 0 Å². The van der Waals surface area contributed by atoms with E-state index in [-0.39, 0.29) is 12.1 Å². The number of hydrogen-bond acceptors (Lipinski definition) is 3. The molecule has 2 aliphatic heterocycles. The van der Waals surface area contributed by atoms with Gasteiger partial charge in [0.2, 0.25) is 0 Å². The van der Waals surface area contributed by atoms with Crippen molar-refractivity contribution in [2.45, 2.75) is 44.4 Å². The van der Waals surface area contributed by atoms with Crippen LogP contribution < -0.4 is 5.32 Å². The Morgan fingerprint density at radius 3 is 2.76 bits per heavy atom. The van der Waals surface area contributed by atoms with Gasteiger partial charge in [-0.05, 0) is 37.3 Å². The van der Waals surface area contributed by atoms with E-state index in [4.69, 9.17) is 16.3 Å². The summed E-state index contributed by atoms with van der Waals surface area (Å²) in [5, 5.41) is 3.86. The van der Waals surface area contributed by atoms with Gasteiger partial charge in [0.05, 0.1) is 6.10 Å². The number of benzene rings is 1. The summed E-state index contributed by atoms with van der Waals surface area (Å²) in [6.07, 6.45) is 4.78. The number of piperidine rings is 1. The van der Waals surface area contributed by atoms with E-state index in [2.05, 4.69) is 10.2 Å². The molecule has 6 heteroatoms. The average Bonchev–Trinajstić information content (AvgIpc) is 3.11. The SMILES string of the molecule is CN(Cc1ccccc1Cl)C(=O)NC1CCN(C[C@H]2CCCO2)CC1. The number of amides is 2. The molecule has 2 aliphatic rings. The van der Waals surface area contributed by atoms with E-state index in [9.17, 15) is 4.79 Å². The minimum atomic E-state index is -0.0301. The van der Waals surface area contributed by atoms with Gasteiger partial charge in [0.1, 0.15) is 0 Å². The first-order chi connectivity index (χ1) is 12.1. The topological polar surface area (TPSA) is 44.8 Å². The van der Waals surface area contributed by atoms with E-state index in [0.29, 0.717) is 17.7 Å². The van der Waals surface area contributed by atoms with Crippen LogP contribution in [0.15, 0.2) is 24.3 Å². The molecule has 1 aromatic rings. The molecule has 2 heterocycles. The normalized spacial score (nSPS) is 22.1. The lowest BCUT2D eigenvalue weighted by Gasteiger charge is -2.34. The zero-order valence-corrected chi connectivity index (χ0v) is 15.7. The third kappa shape index (κ3) is 5.33. The first-order valence-corrected chi connectivity index (χ1v) is 9.58. The Hall–Kier alpha value is -1.30. The fourth-order valence-corrected chi connectivity index (χ4v) is 3.77. The third-order valence-electron chi connectivity index (χ3n) is 5.11. The minimum absolute atomic E-state index is 0.0301. The number of likely N-dealkylation sites (tertiary alicyclic amines) is 1. The van der Waals surface area contributed by atoms with Crippen molar-refractivity contribution in [1.82, 2.24) is 15.1 Å². The van der Waals surface area contributed by atoms with Gasteiger partial charge < -0.3 is 19.9 Å². The molecule has 0 spiro atoms. The van der Waals surface area contributed by atoms with Gasteiger partial charge in [0, 0.05) is 50.9 Å². The molecule has 0 bridgehead atoms. The molecule has 0 saturated carbocycles. The van der Waals surface area contributed by atoms with E-state index in [1.54, 1.807) is 4.90 Å². The highest BCUT2D eigenvalue weighted by Crippen LogP contribution is 2.18. The van der Waals surface area contributed by atoms with E-state index >= 15 is 0 Å². The molecular formula is C19H28ClN3O2. The van der Waals surface area contributed by atoms with Gasteiger partial charge in [-0.3, -0.25) is 0 Å². The largest absolute Gasteiger partial charge is 0.377 e. The van der Waals surface area contributed by atoms with Gasteiger partial charge in [0.25, 0.3) is 0 Å². The van der Waals surface area contributed by atoms with Crippen molar-refractivity contribution in [2.24, 2.45) is 0 Å². The lowest BCUT2D eigenvalue weighted by atomic mass is 10.0. The predicted octanol–water partition coefficient (Wildman–Crippen LogP) is 3.12. The molecule has 2 amide bonds. The van der Waals surface area contributed by atoms with Crippen molar-refractivity contribution in [3.8, 4) is 0 Å². The lowest BCUT2D eigenvalue weighted by molar-refractivity contribution is 0.0629. The summed E-state index contributed by atoms with van der Waals surface area (Å²) in [4.78, 5) is 16.6. The fourth-order valence-electron chi connectivity index (χ4n) is 3.57.